The quantitative estimate of drug-likeness (QED) is 0.555. The molecule has 3 aliphatic carbocycles. The van der Waals surface area contributed by atoms with Crippen LogP contribution in [0.4, 0.5) is 0 Å². The minimum absolute atomic E-state index is 0.222. The number of nitrogens with zero attached hydrogens (tertiary/aromatic N) is 1. The van der Waals surface area contributed by atoms with Crippen molar-refractivity contribution in [2.75, 3.05) is 0 Å². The molecule has 0 amide bonds. The van der Waals surface area contributed by atoms with Crippen molar-refractivity contribution >= 4 is 5.97 Å². The molecule has 0 heterocycles. The van der Waals surface area contributed by atoms with Gasteiger partial charge in [-0.2, -0.15) is 5.26 Å². The fourth-order valence-corrected chi connectivity index (χ4v) is 4.53. The van der Waals surface area contributed by atoms with E-state index in [4.69, 9.17) is 10.00 Å². The number of fused-ring (bicyclic) bond motifs is 5. The van der Waals surface area contributed by atoms with Gasteiger partial charge < -0.3 is 4.74 Å². The Labute approximate surface area is 108 Å². The van der Waals surface area contributed by atoms with Crippen LogP contribution >= 0.6 is 0 Å². The second-order valence-corrected chi connectivity index (χ2v) is 6.27. The summed E-state index contributed by atoms with van der Waals surface area (Å²) in [6, 6.07) is 2.46. The maximum absolute atomic E-state index is 11.2. The third-order valence-corrected chi connectivity index (χ3v) is 5.04. The average molecular weight is 245 g/mol. The maximum Gasteiger partial charge on any atom is 0.307 e. The Hall–Kier alpha value is -1.30. The Balaban J connectivity index is 1.80. The minimum Gasteiger partial charge on any atom is -0.431 e. The number of esters is 1. The van der Waals surface area contributed by atoms with Crippen LogP contribution in [0.2, 0.25) is 0 Å². The van der Waals surface area contributed by atoms with Gasteiger partial charge in [0.05, 0.1) is 6.07 Å². The lowest BCUT2D eigenvalue weighted by atomic mass is 9.90. The SMILES string of the molecule is CC(=O)OC(=C(C)C)[C@@H]1[C@H]2[C@H]3C[C@H](C[C@H]3C#N)[C@@H]12. The number of nitriles is 1. The molecular weight excluding hydrogens is 226 g/mol. The number of hydrogen-bond donors (Lipinski definition) is 0. The molecule has 0 N–H and O–H groups in total. The molecule has 0 unspecified atom stereocenters. The van der Waals surface area contributed by atoms with Crippen LogP contribution in [0.1, 0.15) is 33.6 Å². The molecule has 0 radical (unpaired) electrons. The summed E-state index contributed by atoms with van der Waals surface area (Å²) in [5.41, 5.74) is 1.11. The molecule has 3 rings (SSSR count). The van der Waals surface area contributed by atoms with Crippen molar-refractivity contribution in [3.8, 4) is 6.07 Å². The molecule has 6 atom stereocenters. The van der Waals surface area contributed by atoms with Gasteiger partial charge in [-0.15, -0.1) is 0 Å². The number of hydrogen-bond acceptors (Lipinski definition) is 3. The second-order valence-electron chi connectivity index (χ2n) is 6.27. The summed E-state index contributed by atoms with van der Waals surface area (Å²) in [7, 11) is 0. The van der Waals surface area contributed by atoms with Crippen LogP contribution in [0.25, 0.3) is 0 Å². The molecule has 0 aromatic carbocycles. The number of allylic oxidation sites excluding steroid dienone is 2. The van der Waals surface area contributed by atoms with Crippen LogP contribution in [-0.2, 0) is 9.53 Å². The average Bonchev–Trinajstić information content (AvgIpc) is 2.74. The largest absolute Gasteiger partial charge is 0.431 e. The fraction of sp³-hybridized carbons (Fsp3) is 0.733. The standard InChI is InChI=1S/C15H19NO2/c1-7(2)15(18-8(3)17)14-12-9-4-10(6-16)11(5-9)13(12)14/h9-14H,4-5H2,1-3H3/t9-,10-,11-,12+,13-,14-/m0/s1. The zero-order valence-electron chi connectivity index (χ0n) is 11.1. The molecule has 0 saturated heterocycles. The van der Waals surface area contributed by atoms with Gasteiger partial charge >= 0.3 is 5.97 Å². The summed E-state index contributed by atoms with van der Waals surface area (Å²) in [4.78, 5) is 11.2. The van der Waals surface area contributed by atoms with Gasteiger partial charge in [0.15, 0.2) is 0 Å². The Morgan fingerprint density at radius 3 is 2.50 bits per heavy atom. The van der Waals surface area contributed by atoms with Crippen LogP contribution in [-0.4, -0.2) is 5.97 Å². The molecule has 0 spiro atoms. The molecule has 3 heteroatoms. The highest BCUT2D eigenvalue weighted by atomic mass is 16.5. The van der Waals surface area contributed by atoms with Crippen LogP contribution in [0.5, 0.6) is 0 Å². The first-order chi connectivity index (χ1) is 8.54. The normalized spacial score (nSPS) is 43.0. The molecule has 3 aliphatic rings. The van der Waals surface area contributed by atoms with Crippen molar-refractivity contribution in [1.29, 1.82) is 5.26 Å². The molecule has 0 aliphatic heterocycles. The summed E-state index contributed by atoms with van der Waals surface area (Å²) in [5.74, 6) is 3.88. The zero-order chi connectivity index (χ0) is 13.0. The summed E-state index contributed by atoms with van der Waals surface area (Å²) in [6.45, 7) is 5.49. The third-order valence-electron chi connectivity index (χ3n) is 5.04. The Kier molecular flexibility index (Phi) is 2.52. The van der Waals surface area contributed by atoms with Gasteiger partial charge in [0.25, 0.3) is 0 Å². The Morgan fingerprint density at radius 1 is 1.22 bits per heavy atom. The molecule has 0 aromatic heterocycles. The topological polar surface area (TPSA) is 50.1 Å². The molecule has 2 bridgehead atoms. The lowest BCUT2D eigenvalue weighted by molar-refractivity contribution is -0.137. The highest BCUT2D eigenvalue weighted by Crippen LogP contribution is 2.72. The lowest BCUT2D eigenvalue weighted by Gasteiger charge is -2.14. The summed E-state index contributed by atoms with van der Waals surface area (Å²) in [6.07, 6.45) is 2.29. The molecule has 3 nitrogen and oxygen atoms in total. The van der Waals surface area contributed by atoms with Gasteiger partial charge in [-0.1, -0.05) is 0 Å². The molecule has 18 heavy (non-hydrogen) atoms. The molecule has 96 valence electrons. The summed E-state index contributed by atoms with van der Waals surface area (Å²) >= 11 is 0. The number of carbonyl (C=O) groups is 1. The Bertz CT molecular complexity index is 469. The van der Waals surface area contributed by atoms with Gasteiger partial charge in [-0.25, -0.2) is 0 Å². The first kappa shape index (κ1) is 11.8. The van der Waals surface area contributed by atoms with E-state index in [-0.39, 0.29) is 11.9 Å². The van der Waals surface area contributed by atoms with Gasteiger partial charge in [0.2, 0.25) is 0 Å². The van der Waals surface area contributed by atoms with Gasteiger partial charge in [-0.3, -0.25) is 4.79 Å². The molecular formula is C15H19NO2. The van der Waals surface area contributed by atoms with Crippen LogP contribution < -0.4 is 0 Å². The van der Waals surface area contributed by atoms with E-state index in [9.17, 15) is 4.79 Å². The van der Waals surface area contributed by atoms with E-state index in [1.165, 1.54) is 13.3 Å². The monoisotopic (exact) mass is 245 g/mol. The Morgan fingerprint density at radius 2 is 1.94 bits per heavy atom. The second kappa shape index (κ2) is 3.85. The van der Waals surface area contributed by atoms with Crippen LogP contribution in [0.3, 0.4) is 0 Å². The smallest absolute Gasteiger partial charge is 0.307 e. The first-order valence-electron chi connectivity index (χ1n) is 6.80. The van der Waals surface area contributed by atoms with E-state index in [2.05, 4.69) is 6.07 Å². The van der Waals surface area contributed by atoms with Crippen molar-refractivity contribution in [1.82, 2.24) is 0 Å². The third kappa shape index (κ3) is 1.51. The van der Waals surface area contributed by atoms with Crippen molar-refractivity contribution < 1.29 is 9.53 Å². The number of carbonyl (C=O) groups excluding carboxylic acids is 1. The van der Waals surface area contributed by atoms with Gasteiger partial charge in [0, 0.05) is 18.8 Å². The van der Waals surface area contributed by atoms with Crippen molar-refractivity contribution in [3.63, 3.8) is 0 Å². The molecule has 3 fully saturated rings. The van der Waals surface area contributed by atoms with Crippen LogP contribution in [0, 0.1) is 46.8 Å². The highest BCUT2D eigenvalue weighted by Gasteiger charge is 2.69. The molecule has 3 saturated carbocycles. The van der Waals surface area contributed by atoms with E-state index in [1.54, 1.807) is 0 Å². The van der Waals surface area contributed by atoms with E-state index in [0.717, 1.165) is 17.8 Å². The predicted molar refractivity (Wildman–Crippen MR) is 65.9 cm³/mol. The van der Waals surface area contributed by atoms with Gasteiger partial charge in [-0.05, 0) is 55.9 Å². The van der Waals surface area contributed by atoms with Crippen molar-refractivity contribution in [2.45, 2.75) is 33.6 Å². The summed E-state index contributed by atoms with van der Waals surface area (Å²) < 4.78 is 5.42. The highest BCUT2D eigenvalue weighted by molar-refractivity contribution is 5.67. The van der Waals surface area contributed by atoms with Crippen molar-refractivity contribution in [2.24, 2.45) is 35.5 Å². The zero-order valence-corrected chi connectivity index (χ0v) is 11.1. The fourth-order valence-electron chi connectivity index (χ4n) is 4.53. The summed E-state index contributed by atoms with van der Waals surface area (Å²) in [5, 5.41) is 9.16. The molecule has 0 aromatic rings. The number of rotatable bonds is 2. The van der Waals surface area contributed by atoms with E-state index >= 15 is 0 Å². The predicted octanol–water partition coefficient (Wildman–Crippen LogP) is 2.89. The van der Waals surface area contributed by atoms with Gasteiger partial charge in [0.1, 0.15) is 5.76 Å². The minimum atomic E-state index is -0.222. The first-order valence-corrected chi connectivity index (χ1v) is 6.80. The van der Waals surface area contributed by atoms with Crippen LogP contribution in [0.15, 0.2) is 11.3 Å². The van der Waals surface area contributed by atoms with E-state index in [1.807, 2.05) is 13.8 Å². The maximum atomic E-state index is 11.2. The van der Waals surface area contributed by atoms with E-state index in [0.29, 0.717) is 29.6 Å². The van der Waals surface area contributed by atoms with E-state index < -0.39 is 0 Å². The van der Waals surface area contributed by atoms with Crippen molar-refractivity contribution in [3.05, 3.63) is 11.3 Å². The number of ether oxygens (including phenoxy) is 1. The lowest BCUT2D eigenvalue weighted by Crippen LogP contribution is -2.11.